The van der Waals surface area contributed by atoms with Gasteiger partial charge in [-0.3, -0.25) is 9.59 Å². The van der Waals surface area contributed by atoms with E-state index in [4.69, 9.17) is 0 Å². The van der Waals surface area contributed by atoms with E-state index < -0.39 is 0 Å². The maximum Gasteiger partial charge on any atom is 0.255 e. The summed E-state index contributed by atoms with van der Waals surface area (Å²) in [5.74, 6) is -0.382. The van der Waals surface area contributed by atoms with Crippen molar-refractivity contribution >= 4 is 29.3 Å². The minimum absolute atomic E-state index is 0.157. The highest BCUT2D eigenvalue weighted by atomic mass is 32.2. The standard InChI is InChI=1S/C22H18N2O2S/c1-27-16-9-7-15(8-10-16)21(25)24-19-12-11-17(14-5-3-2-4-6-14)18-13-23-22(26)20(18)19/h2-12H,13H2,1H3,(H,23,26)(H,24,25). The second-order valence-electron chi connectivity index (χ2n) is 6.25. The van der Waals surface area contributed by atoms with Crippen LogP contribution in [0.15, 0.2) is 71.6 Å². The van der Waals surface area contributed by atoms with E-state index in [0.717, 1.165) is 21.6 Å². The Kier molecular flexibility index (Phi) is 4.69. The molecule has 2 amide bonds. The Bertz CT molecular complexity index is 1010. The summed E-state index contributed by atoms with van der Waals surface area (Å²) in [7, 11) is 0. The smallest absolute Gasteiger partial charge is 0.255 e. The number of benzene rings is 3. The summed E-state index contributed by atoms with van der Waals surface area (Å²) in [4.78, 5) is 26.1. The van der Waals surface area contributed by atoms with Gasteiger partial charge in [-0.25, -0.2) is 0 Å². The van der Waals surface area contributed by atoms with Crippen molar-refractivity contribution in [1.29, 1.82) is 0 Å². The summed E-state index contributed by atoms with van der Waals surface area (Å²) in [5, 5.41) is 5.77. The maximum atomic E-state index is 12.6. The van der Waals surface area contributed by atoms with Crippen LogP contribution in [-0.2, 0) is 6.54 Å². The SMILES string of the molecule is CSc1ccc(C(=O)Nc2ccc(-c3ccccc3)c3c2C(=O)NC3)cc1. The van der Waals surface area contributed by atoms with Gasteiger partial charge >= 0.3 is 0 Å². The molecule has 0 bridgehead atoms. The molecule has 0 saturated heterocycles. The molecule has 1 heterocycles. The van der Waals surface area contributed by atoms with Gasteiger partial charge in [-0.15, -0.1) is 11.8 Å². The van der Waals surface area contributed by atoms with Gasteiger partial charge in [0, 0.05) is 17.0 Å². The molecule has 0 aliphatic carbocycles. The normalized spacial score (nSPS) is 12.4. The molecular formula is C22H18N2O2S. The van der Waals surface area contributed by atoms with Crippen molar-refractivity contribution in [2.75, 3.05) is 11.6 Å². The molecule has 4 nitrogen and oxygen atoms in total. The number of hydrogen-bond acceptors (Lipinski definition) is 3. The average Bonchev–Trinajstić information content (AvgIpc) is 3.11. The number of nitrogens with one attached hydrogen (secondary N) is 2. The summed E-state index contributed by atoms with van der Waals surface area (Å²) in [6.45, 7) is 0.463. The molecule has 3 aromatic rings. The first-order valence-corrected chi connectivity index (χ1v) is 9.85. The number of anilines is 1. The molecule has 0 unspecified atom stereocenters. The second-order valence-corrected chi connectivity index (χ2v) is 7.13. The van der Waals surface area contributed by atoms with E-state index >= 15 is 0 Å². The van der Waals surface area contributed by atoms with Gasteiger partial charge in [-0.2, -0.15) is 0 Å². The number of fused-ring (bicyclic) bond motifs is 1. The Labute approximate surface area is 162 Å². The van der Waals surface area contributed by atoms with Crippen LogP contribution in [0.25, 0.3) is 11.1 Å². The molecule has 1 aliphatic heterocycles. The molecule has 3 aromatic carbocycles. The van der Waals surface area contributed by atoms with E-state index in [2.05, 4.69) is 10.6 Å². The van der Waals surface area contributed by atoms with E-state index in [0.29, 0.717) is 23.4 Å². The number of thioether (sulfide) groups is 1. The van der Waals surface area contributed by atoms with Gasteiger partial charge in [0.1, 0.15) is 0 Å². The van der Waals surface area contributed by atoms with Crippen LogP contribution in [0.4, 0.5) is 5.69 Å². The third-order valence-electron chi connectivity index (χ3n) is 4.65. The first-order chi connectivity index (χ1) is 13.2. The highest BCUT2D eigenvalue weighted by molar-refractivity contribution is 7.98. The lowest BCUT2D eigenvalue weighted by Crippen LogP contribution is -2.17. The molecule has 134 valence electrons. The topological polar surface area (TPSA) is 58.2 Å². The van der Waals surface area contributed by atoms with Gasteiger partial charge in [-0.1, -0.05) is 36.4 Å². The molecule has 0 saturated carbocycles. The second kappa shape index (κ2) is 7.29. The van der Waals surface area contributed by atoms with Crippen LogP contribution in [0.2, 0.25) is 0 Å². The first-order valence-electron chi connectivity index (χ1n) is 8.62. The van der Waals surface area contributed by atoms with Crippen LogP contribution in [-0.4, -0.2) is 18.1 Å². The van der Waals surface area contributed by atoms with Crippen molar-refractivity contribution < 1.29 is 9.59 Å². The van der Waals surface area contributed by atoms with Gasteiger partial charge in [0.25, 0.3) is 11.8 Å². The third-order valence-corrected chi connectivity index (χ3v) is 5.39. The van der Waals surface area contributed by atoms with Crippen LogP contribution < -0.4 is 10.6 Å². The molecule has 0 fully saturated rings. The average molecular weight is 374 g/mol. The molecule has 0 aromatic heterocycles. The lowest BCUT2D eigenvalue weighted by atomic mass is 9.95. The predicted octanol–water partition coefficient (Wildman–Crippen LogP) is 4.57. The number of amides is 2. The Balaban J connectivity index is 1.68. The maximum absolute atomic E-state index is 12.6. The highest BCUT2D eigenvalue weighted by Crippen LogP contribution is 2.34. The first kappa shape index (κ1) is 17.4. The van der Waals surface area contributed by atoms with E-state index in [9.17, 15) is 9.59 Å². The number of carbonyl (C=O) groups excluding carboxylic acids is 2. The van der Waals surface area contributed by atoms with E-state index in [1.165, 1.54) is 0 Å². The molecule has 0 spiro atoms. The van der Waals surface area contributed by atoms with Gasteiger partial charge in [0.15, 0.2) is 0 Å². The van der Waals surface area contributed by atoms with Crippen molar-refractivity contribution in [3.8, 4) is 11.1 Å². The molecule has 27 heavy (non-hydrogen) atoms. The fourth-order valence-electron chi connectivity index (χ4n) is 3.28. The number of hydrogen-bond donors (Lipinski definition) is 2. The lowest BCUT2D eigenvalue weighted by molar-refractivity contribution is 0.0966. The molecule has 0 atom stereocenters. The van der Waals surface area contributed by atoms with E-state index in [1.54, 1.807) is 30.0 Å². The van der Waals surface area contributed by atoms with Crippen LogP contribution >= 0.6 is 11.8 Å². The molecule has 0 radical (unpaired) electrons. The van der Waals surface area contributed by atoms with Crippen LogP contribution in [0.5, 0.6) is 0 Å². The fourth-order valence-corrected chi connectivity index (χ4v) is 3.69. The van der Waals surface area contributed by atoms with E-state index in [1.807, 2.05) is 54.8 Å². The fraction of sp³-hybridized carbons (Fsp3) is 0.0909. The number of rotatable bonds is 4. The Hall–Kier alpha value is -3.05. The zero-order valence-electron chi connectivity index (χ0n) is 14.8. The zero-order valence-corrected chi connectivity index (χ0v) is 15.6. The number of carbonyl (C=O) groups is 2. The Morgan fingerprint density at radius 2 is 1.74 bits per heavy atom. The van der Waals surface area contributed by atoms with Crippen molar-refractivity contribution in [2.45, 2.75) is 11.4 Å². The minimum Gasteiger partial charge on any atom is -0.348 e. The van der Waals surface area contributed by atoms with E-state index in [-0.39, 0.29) is 11.8 Å². The highest BCUT2D eigenvalue weighted by Gasteiger charge is 2.26. The summed E-state index contributed by atoms with van der Waals surface area (Å²) in [6.07, 6.45) is 1.99. The summed E-state index contributed by atoms with van der Waals surface area (Å²) < 4.78 is 0. The van der Waals surface area contributed by atoms with Crippen LogP contribution in [0.3, 0.4) is 0 Å². The van der Waals surface area contributed by atoms with Crippen LogP contribution in [0, 0.1) is 0 Å². The van der Waals surface area contributed by atoms with Crippen molar-refractivity contribution in [2.24, 2.45) is 0 Å². The monoisotopic (exact) mass is 374 g/mol. The lowest BCUT2D eigenvalue weighted by Gasteiger charge is -2.13. The molecule has 1 aliphatic rings. The largest absolute Gasteiger partial charge is 0.348 e. The van der Waals surface area contributed by atoms with Gasteiger partial charge < -0.3 is 10.6 Å². The van der Waals surface area contributed by atoms with Gasteiger partial charge in [0.2, 0.25) is 0 Å². The summed E-state index contributed by atoms with van der Waals surface area (Å²) in [6, 6.07) is 21.1. The van der Waals surface area contributed by atoms with Gasteiger partial charge in [-0.05, 0) is 53.3 Å². The van der Waals surface area contributed by atoms with Crippen molar-refractivity contribution in [3.05, 3.63) is 83.4 Å². The predicted molar refractivity (Wildman–Crippen MR) is 109 cm³/mol. The summed E-state index contributed by atoms with van der Waals surface area (Å²) in [5.41, 5.74) is 4.62. The Morgan fingerprint density at radius 3 is 2.44 bits per heavy atom. The molecule has 5 heteroatoms. The van der Waals surface area contributed by atoms with Crippen molar-refractivity contribution in [3.63, 3.8) is 0 Å². The molecule has 2 N–H and O–H groups in total. The molecular weight excluding hydrogens is 356 g/mol. The Morgan fingerprint density at radius 1 is 1.00 bits per heavy atom. The molecule has 4 rings (SSSR count). The third kappa shape index (κ3) is 3.34. The summed E-state index contributed by atoms with van der Waals surface area (Å²) >= 11 is 1.62. The zero-order chi connectivity index (χ0) is 18.8. The van der Waals surface area contributed by atoms with Gasteiger partial charge in [0.05, 0.1) is 11.3 Å². The minimum atomic E-state index is -0.225. The quantitative estimate of drug-likeness (QED) is 0.658. The van der Waals surface area contributed by atoms with Crippen molar-refractivity contribution in [1.82, 2.24) is 5.32 Å². The van der Waals surface area contributed by atoms with Crippen LogP contribution in [0.1, 0.15) is 26.3 Å².